The van der Waals surface area contributed by atoms with Gasteiger partial charge in [0.1, 0.15) is 73.2 Å². The van der Waals surface area contributed by atoms with Gasteiger partial charge in [0.2, 0.25) is 5.91 Å². The molecular weight excluding hydrogens is 1320 g/mol. The maximum atomic E-state index is 13.5. The van der Waals surface area contributed by atoms with E-state index in [0.717, 1.165) is 44.9 Å². The normalized spacial score (nSPS) is 25.9. The summed E-state index contributed by atoms with van der Waals surface area (Å²) in [5.74, 6) is -0.265. The van der Waals surface area contributed by atoms with E-state index in [1.54, 1.807) is 6.08 Å². The van der Waals surface area contributed by atoms with Crippen molar-refractivity contribution in [2.45, 2.75) is 497 Å². The van der Waals surface area contributed by atoms with Crippen LogP contribution in [0.4, 0.5) is 0 Å². The molecule has 0 aromatic heterocycles. The number of rotatable bonds is 72. The number of allylic oxidation sites excluding steroid dienone is 1. The molecule has 3 saturated heterocycles. The minimum absolute atomic E-state index is 0.250. The van der Waals surface area contributed by atoms with Crippen molar-refractivity contribution in [3.8, 4) is 0 Å². The highest BCUT2D eigenvalue weighted by Gasteiger charge is 2.54. The smallest absolute Gasteiger partial charge is 0.220 e. The van der Waals surface area contributed by atoms with Gasteiger partial charge in [0.05, 0.1) is 38.6 Å². The lowest BCUT2D eigenvalue weighted by molar-refractivity contribution is -0.379. The van der Waals surface area contributed by atoms with E-state index in [4.69, 9.17) is 28.4 Å². The summed E-state index contributed by atoms with van der Waals surface area (Å²) in [6.45, 7) is 1.82. The molecule has 0 bridgehead atoms. The Morgan fingerprint density at radius 1 is 0.337 bits per heavy atom. The molecule has 0 aromatic carbocycles. The fourth-order valence-electron chi connectivity index (χ4n) is 15.3. The quantitative estimate of drug-likeness (QED) is 0.0199. The minimum Gasteiger partial charge on any atom is -0.394 e. The highest BCUT2D eigenvalue weighted by molar-refractivity contribution is 5.76. The van der Waals surface area contributed by atoms with Crippen LogP contribution in [0.3, 0.4) is 0 Å². The molecule has 19 heteroatoms. The van der Waals surface area contributed by atoms with Gasteiger partial charge in [-0.3, -0.25) is 4.79 Å². The van der Waals surface area contributed by atoms with E-state index in [2.05, 4.69) is 19.2 Å². The Morgan fingerprint density at radius 3 is 0.904 bits per heavy atom. The van der Waals surface area contributed by atoms with Crippen LogP contribution in [0.5, 0.6) is 0 Å². The van der Waals surface area contributed by atoms with E-state index in [1.807, 2.05) is 6.08 Å². The molecule has 3 aliphatic heterocycles. The Hall–Kier alpha value is -1.47. The third-order valence-corrected chi connectivity index (χ3v) is 22.3. The third kappa shape index (κ3) is 45.1. The first kappa shape index (κ1) is 96.7. The average Bonchev–Trinajstić information content (AvgIpc) is 0.783. The average molecular weight is 1490 g/mol. The second kappa shape index (κ2) is 66.2. The number of aliphatic hydroxyl groups excluding tert-OH is 11. The van der Waals surface area contributed by atoms with E-state index < -0.39 is 124 Å². The summed E-state index contributed by atoms with van der Waals surface area (Å²) in [5.41, 5.74) is 0. The summed E-state index contributed by atoms with van der Waals surface area (Å²) in [7, 11) is 0. The molecule has 1 amide bonds. The number of carbonyl (C=O) groups excluding carboxylic acids is 1. The first-order valence-corrected chi connectivity index (χ1v) is 43.9. The minimum atomic E-state index is -1.98. The Bertz CT molecular complexity index is 1920. The van der Waals surface area contributed by atoms with Crippen LogP contribution in [-0.4, -0.2) is 193 Å². The van der Waals surface area contributed by atoms with E-state index in [9.17, 15) is 61.0 Å². The van der Waals surface area contributed by atoms with Gasteiger partial charge in [0, 0.05) is 6.42 Å². The SMILES string of the molecule is CCCCCCCCCCCCCCCCCCCCCCCCCC/C=C/C(O)C(COC1OC(CO)C(OC2OC(CO)C(OC3OC(CO)C(O)C(O)C3O)C(O)C2O)C(O)C1O)NC(=O)CCCCCCCCCCCCCCCCCCCCCCCCCCCCCCCCCCC. The molecule has 17 atom stereocenters. The maximum Gasteiger partial charge on any atom is 0.220 e. The predicted molar refractivity (Wildman–Crippen MR) is 416 cm³/mol. The van der Waals surface area contributed by atoms with Crippen molar-refractivity contribution in [3.63, 3.8) is 0 Å². The van der Waals surface area contributed by atoms with Crippen LogP contribution < -0.4 is 5.32 Å². The summed E-state index contributed by atoms with van der Waals surface area (Å²) in [6, 6.07) is -0.971. The van der Waals surface area contributed by atoms with Gasteiger partial charge in [-0.15, -0.1) is 0 Å². The topological polar surface area (TPSA) is 307 Å². The van der Waals surface area contributed by atoms with E-state index >= 15 is 0 Å². The fourth-order valence-corrected chi connectivity index (χ4v) is 15.3. The highest BCUT2D eigenvalue weighted by atomic mass is 16.8. The van der Waals surface area contributed by atoms with Crippen LogP contribution in [0.2, 0.25) is 0 Å². The lowest BCUT2D eigenvalue weighted by Crippen LogP contribution is -2.66. The number of unbranched alkanes of at least 4 members (excludes halogenated alkanes) is 56. The Balaban J connectivity index is 1.33. The number of hydrogen-bond acceptors (Lipinski definition) is 18. The Morgan fingerprint density at radius 2 is 0.596 bits per heavy atom. The molecule has 17 unspecified atom stereocenters. The zero-order valence-electron chi connectivity index (χ0n) is 66.3. The summed E-state index contributed by atoms with van der Waals surface area (Å²) in [6.07, 6.45) is 53.6. The van der Waals surface area contributed by atoms with Crippen LogP contribution >= 0.6 is 0 Å². The van der Waals surface area contributed by atoms with Gasteiger partial charge >= 0.3 is 0 Å². The monoisotopic (exact) mass is 1490 g/mol. The number of ether oxygens (including phenoxy) is 6. The summed E-state index contributed by atoms with van der Waals surface area (Å²) < 4.78 is 34.5. The molecule has 3 aliphatic rings. The zero-order valence-corrected chi connectivity index (χ0v) is 66.3. The first-order chi connectivity index (χ1) is 50.8. The van der Waals surface area contributed by atoms with Crippen molar-refractivity contribution in [2.24, 2.45) is 0 Å². The maximum absolute atomic E-state index is 13.5. The predicted octanol–water partition coefficient (Wildman–Crippen LogP) is 15.9. The van der Waals surface area contributed by atoms with Crippen molar-refractivity contribution >= 4 is 5.91 Å². The second-order valence-corrected chi connectivity index (χ2v) is 31.7. The van der Waals surface area contributed by atoms with Crippen LogP contribution in [0, 0.1) is 0 Å². The molecule has 3 heterocycles. The number of nitrogens with one attached hydrogen (secondary N) is 1. The highest BCUT2D eigenvalue weighted by Crippen LogP contribution is 2.34. The molecule has 19 nitrogen and oxygen atoms in total. The van der Waals surface area contributed by atoms with E-state index in [-0.39, 0.29) is 18.9 Å². The van der Waals surface area contributed by atoms with Crippen molar-refractivity contribution in [2.75, 3.05) is 26.4 Å². The lowest BCUT2D eigenvalue weighted by atomic mass is 9.96. The van der Waals surface area contributed by atoms with Crippen molar-refractivity contribution in [3.05, 3.63) is 12.2 Å². The molecule has 0 saturated carbocycles. The molecule has 0 aliphatic carbocycles. The van der Waals surface area contributed by atoms with Gasteiger partial charge in [0.15, 0.2) is 18.9 Å². The molecule has 12 N–H and O–H groups in total. The molecule has 104 heavy (non-hydrogen) atoms. The van der Waals surface area contributed by atoms with Crippen LogP contribution in [0.15, 0.2) is 12.2 Å². The van der Waals surface area contributed by atoms with Gasteiger partial charge in [-0.2, -0.15) is 0 Å². The fraction of sp³-hybridized carbons (Fsp3) is 0.965. The molecule has 3 rings (SSSR count). The van der Waals surface area contributed by atoms with Crippen molar-refractivity contribution in [1.82, 2.24) is 5.32 Å². The molecule has 0 radical (unpaired) electrons. The van der Waals surface area contributed by atoms with Gasteiger partial charge in [-0.05, 0) is 19.3 Å². The lowest BCUT2D eigenvalue weighted by Gasteiger charge is -2.48. The van der Waals surface area contributed by atoms with Gasteiger partial charge < -0.3 is 89.9 Å². The second-order valence-electron chi connectivity index (χ2n) is 31.7. The van der Waals surface area contributed by atoms with E-state index in [0.29, 0.717) is 6.42 Å². The Labute approximate surface area is 633 Å². The number of aliphatic hydroxyl groups is 11. The standard InChI is InChI=1S/C85H163NO18/c1-3-5-7-9-11-13-15-17-19-21-23-25-27-29-31-32-33-34-35-36-37-39-41-43-45-47-49-51-53-55-57-59-61-63-73(91)86-68(69(90)62-60-58-56-54-52-50-48-46-44-42-40-38-30-28-26-24-22-20-18-16-14-12-10-8-6-4-2)67-99-83-79(97)76(94)81(71(65-88)101-83)104-85-80(98)77(95)82(72(66-89)102-85)103-84-78(96)75(93)74(92)70(64-87)100-84/h60,62,68-72,74-85,87-90,92-98H,3-59,61,63-67H2,1-2H3,(H,86,91)/b62-60+. The largest absolute Gasteiger partial charge is 0.394 e. The van der Waals surface area contributed by atoms with Gasteiger partial charge in [-0.25, -0.2) is 0 Å². The third-order valence-electron chi connectivity index (χ3n) is 22.3. The number of hydrogen-bond donors (Lipinski definition) is 12. The molecule has 0 aromatic rings. The van der Waals surface area contributed by atoms with Crippen LogP contribution in [-0.2, 0) is 33.2 Å². The summed E-state index contributed by atoms with van der Waals surface area (Å²) in [4.78, 5) is 13.5. The van der Waals surface area contributed by atoms with Crippen LogP contribution in [0.25, 0.3) is 0 Å². The van der Waals surface area contributed by atoms with Gasteiger partial charge in [-0.1, -0.05) is 379 Å². The molecule has 616 valence electrons. The van der Waals surface area contributed by atoms with Crippen molar-refractivity contribution < 1.29 is 89.4 Å². The first-order valence-electron chi connectivity index (χ1n) is 43.9. The molecule has 3 fully saturated rings. The number of carbonyl (C=O) groups is 1. The number of amides is 1. The summed E-state index contributed by atoms with van der Waals surface area (Å²) >= 11 is 0. The van der Waals surface area contributed by atoms with E-state index in [1.165, 1.54) is 321 Å². The van der Waals surface area contributed by atoms with Gasteiger partial charge in [0.25, 0.3) is 0 Å². The molecular formula is C85H163NO18. The summed E-state index contributed by atoms with van der Waals surface area (Å²) in [5, 5.41) is 121. The zero-order chi connectivity index (χ0) is 75.3. The molecule has 0 spiro atoms. The Kier molecular flexibility index (Phi) is 61.5. The van der Waals surface area contributed by atoms with Crippen molar-refractivity contribution in [1.29, 1.82) is 0 Å². The van der Waals surface area contributed by atoms with Crippen LogP contribution in [0.1, 0.15) is 393 Å².